The Kier molecular flexibility index (Phi) is 2.47. The van der Waals surface area contributed by atoms with Gasteiger partial charge in [-0.15, -0.1) is 0 Å². The number of furan rings is 1. The maximum atomic E-state index is 10.1. The highest BCUT2D eigenvalue weighted by atomic mass is 16.6. The average Bonchev–Trinajstić information content (AvgIpc) is 2.48. The lowest BCUT2D eigenvalue weighted by Gasteiger charge is -1.84. The van der Waals surface area contributed by atoms with Gasteiger partial charge in [0.25, 0.3) is 0 Å². The molecule has 0 saturated carbocycles. The van der Waals surface area contributed by atoms with E-state index >= 15 is 0 Å². The van der Waals surface area contributed by atoms with E-state index in [1.54, 1.807) is 0 Å². The van der Waals surface area contributed by atoms with Gasteiger partial charge in [-0.2, -0.15) is 0 Å². The fourth-order valence-corrected chi connectivity index (χ4v) is 0.665. The molecule has 1 rings (SSSR count). The van der Waals surface area contributed by atoms with Crippen molar-refractivity contribution in [2.24, 2.45) is 0 Å². The van der Waals surface area contributed by atoms with Crippen LogP contribution in [0.15, 0.2) is 22.8 Å². The third kappa shape index (κ3) is 1.85. The molecule has 1 aromatic rings. The minimum Gasteiger partial charge on any atom is -0.504 e. The van der Waals surface area contributed by atoms with Crippen LogP contribution in [-0.4, -0.2) is 12.0 Å². The summed E-state index contributed by atoms with van der Waals surface area (Å²) in [6.45, 7) is 0. The van der Waals surface area contributed by atoms with E-state index in [9.17, 15) is 10.1 Å². The Bertz CT molecular complexity index is 302. The summed E-state index contributed by atoms with van der Waals surface area (Å²) in [6, 6.07) is 2.78. The van der Waals surface area contributed by atoms with Crippen molar-refractivity contribution in [2.75, 3.05) is 7.11 Å². The Balaban J connectivity index is 2.77. The standard InChI is InChI=1S/C7H7NO4/c1-11-5-4-6-2-3-7(12-6)8(9)10/h2-5H,1H3/b5-4+. The fraction of sp³-hybridized carbons (Fsp3) is 0.143. The van der Waals surface area contributed by atoms with E-state index in [-0.39, 0.29) is 5.88 Å². The first kappa shape index (κ1) is 8.32. The number of ether oxygens (including phenoxy) is 1. The first-order valence-electron chi connectivity index (χ1n) is 3.17. The number of nitro groups is 1. The van der Waals surface area contributed by atoms with E-state index < -0.39 is 4.92 Å². The summed E-state index contributed by atoms with van der Waals surface area (Å²) in [6.07, 6.45) is 2.87. The topological polar surface area (TPSA) is 65.5 Å². The molecule has 0 aliphatic carbocycles. The molecule has 5 heteroatoms. The molecular formula is C7H7NO4. The van der Waals surface area contributed by atoms with E-state index in [2.05, 4.69) is 4.74 Å². The number of rotatable bonds is 3. The molecule has 0 spiro atoms. The summed E-state index contributed by atoms with van der Waals surface area (Å²) in [7, 11) is 1.48. The Morgan fingerprint density at radius 3 is 2.92 bits per heavy atom. The van der Waals surface area contributed by atoms with Crippen molar-refractivity contribution in [2.45, 2.75) is 0 Å². The molecule has 0 bridgehead atoms. The molecule has 12 heavy (non-hydrogen) atoms. The smallest absolute Gasteiger partial charge is 0.433 e. The molecule has 64 valence electrons. The molecule has 0 N–H and O–H groups in total. The van der Waals surface area contributed by atoms with Crippen LogP contribution >= 0.6 is 0 Å². The van der Waals surface area contributed by atoms with Gasteiger partial charge in [-0.1, -0.05) is 0 Å². The molecule has 0 amide bonds. The molecule has 1 heterocycles. The van der Waals surface area contributed by atoms with E-state index in [1.807, 2.05) is 0 Å². The quantitative estimate of drug-likeness (QED) is 0.393. The lowest BCUT2D eigenvalue weighted by Crippen LogP contribution is -1.82. The Labute approximate surface area is 68.4 Å². The predicted molar refractivity (Wildman–Crippen MR) is 41.4 cm³/mol. The molecular weight excluding hydrogens is 162 g/mol. The van der Waals surface area contributed by atoms with Crippen molar-refractivity contribution in [3.63, 3.8) is 0 Å². The van der Waals surface area contributed by atoms with Gasteiger partial charge in [0.05, 0.1) is 19.4 Å². The number of methoxy groups -OCH3 is 1. The lowest BCUT2D eigenvalue weighted by atomic mass is 10.4. The summed E-state index contributed by atoms with van der Waals surface area (Å²) >= 11 is 0. The Morgan fingerprint density at radius 1 is 1.67 bits per heavy atom. The Morgan fingerprint density at radius 2 is 2.42 bits per heavy atom. The fourth-order valence-electron chi connectivity index (χ4n) is 0.665. The van der Waals surface area contributed by atoms with Gasteiger partial charge in [-0.25, -0.2) is 0 Å². The van der Waals surface area contributed by atoms with E-state index in [0.29, 0.717) is 5.76 Å². The highest BCUT2D eigenvalue weighted by molar-refractivity contribution is 5.43. The summed E-state index contributed by atoms with van der Waals surface area (Å²) in [5.41, 5.74) is 0. The van der Waals surface area contributed by atoms with Crippen LogP contribution in [0.5, 0.6) is 0 Å². The second-order valence-corrected chi connectivity index (χ2v) is 1.97. The first-order chi connectivity index (χ1) is 5.74. The minimum absolute atomic E-state index is 0.272. The third-order valence-corrected chi connectivity index (χ3v) is 1.16. The normalized spacial score (nSPS) is 10.4. The van der Waals surface area contributed by atoms with Gasteiger partial charge in [-0.05, 0) is 6.07 Å². The number of hydrogen-bond donors (Lipinski definition) is 0. The van der Waals surface area contributed by atoms with Gasteiger partial charge in [0.2, 0.25) is 0 Å². The monoisotopic (exact) mass is 169 g/mol. The second-order valence-electron chi connectivity index (χ2n) is 1.97. The molecule has 5 nitrogen and oxygen atoms in total. The van der Waals surface area contributed by atoms with Crippen LogP contribution in [0.3, 0.4) is 0 Å². The maximum Gasteiger partial charge on any atom is 0.433 e. The molecule has 0 saturated heterocycles. The number of nitrogens with zero attached hydrogens (tertiary/aromatic N) is 1. The van der Waals surface area contributed by atoms with Gasteiger partial charge >= 0.3 is 5.88 Å². The second kappa shape index (κ2) is 3.56. The zero-order chi connectivity index (χ0) is 8.97. The molecule has 1 aromatic heterocycles. The van der Waals surface area contributed by atoms with Crippen LogP contribution in [0, 0.1) is 10.1 Å². The van der Waals surface area contributed by atoms with Crippen molar-refractivity contribution < 1.29 is 14.1 Å². The van der Waals surface area contributed by atoms with Crippen LogP contribution in [-0.2, 0) is 4.74 Å². The van der Waals surface area contributed by atoms with Crippen LogP contribution in [0.1, 0.15) is 5.76 Å². The van der Waals surface area contributed by atoms with Crippen LogP contribution in [0.4, 0.5) is 5.88 Å². The van der Waals surface area contributed by atoms with Crippen molar-refractivity contribution in [1.82, 2.24) is 0 Å². The molecule has 0 fully saturated rings. The minimum atomic E-state index is -0.593. The van der Waals surface area contributed by atoms with Gasteiger partial charge in [-0.3, -0.25) is 10.1 Å². The molecule has 0 aromatic carbocycles. The first-order valence-corrected chi connectivity index (χ1v) is 3.17. The van der Waals surface area contributed by atoms with E-state index in [0.717, 1.165) is 0 Å². The Hall–Kier alpha value is -1.78. The van der Waals surface area contributed by atoms with Crippen LogP contribution < -0.4 is 0 Å². The zero-order valence-corrected chi connectivity index (χ0v) is 6.39. The largest absolute Gasteiger partial charge is 0.504 e. The summed E-state index contributed by atoms with van der Waals surface area (Å²) in [4.78, 5) is 9.55. The lowest BCUT2D eigenvalue weighted by molar-refractivity contribution is -0.402. The van der Waals surface area contributed by atoms with Gasteiger partial charge in [0.1, 0.15) is 10.7 Å². The number of hydrogen-bond acceptors (Lipinski definition) is 4. The van der Waals surface area contributed by atoms with Crippen LogP contribution in [0.25, 0.3) is 6.08 Å². The predicted octanol–water partition coefficient (Wildman–Crippen LogP) is 1.80. The van der Waals surface area contributed by atoms with Gasteiger partial charge < -0.3 is 9.15 Å². The van der Waals surface area contributed by atoms with Crippen molar-refractivity contribution in [3.8, 4) is 0 Å². The summed E-state index contributed by atoms with van der Waals surface area (Å²) in [5.74, 6) is 0.120. The molecule has 0 atom stereocenters. The molecule has 0 aliphatic heterocycles. The summed E-state index contributed by atoms with van der Waals surface area (Å²) < 4.78 is 9.39. The third-order valence-electron chi connectivity index (χ3n) is 1.16. The van der Waals surface area contributed by atoms with Gasteiger partial charge in [0, 0.05) is 6.08 Å². The van der Waals surface area contributed by atoms with Crippen LogP contribution in [0.2, 0.25) is 0 Å². The summed E-state index contributed by atoms with van der Waals surface area (Å²) in [5, 5.41) is 10.1. The van der Waals surface area contributed by atoms with Crippen molar-refractivity contribution in [1.29, 1.82) is 0 Å². The average molecular weight is 169 g/mol. The molecule has 0 unspecified atom stereocenters. The van der Waals surface area contributed by atoms with Crippen molar-refractivity contribution >= 4 is 12.0 Å². The van der Waals surface area contributed by atoms with Crippen molar-refractivity contribution in [3.05, 3.63) is 34.3 Å². The maximum absolute atomic E-state index is 10.1. The van der Waals surface area contributed by atoms with E-state index in [1.165, 1.54) is 31.6 Å². The van der Waals surface area contributed by atoms with Gasteiger partial charge in [0.15, 0.2) is 0 Å². The SMILES string of the molecule is CO/C=C/c1ccc([N+](=O)[O-])o1. The zero-order valence-electron chi connectivity index (χ0n) is 6.39. The molecule has 0 aliphatic rings. The molecule has 0 radical (unpaired) electrons. The van der Waals surface area contributed by atoms with E-state index in [4.69, 9.17) is 4.42 Å². The highest BCUT2D eigenvalue weighted by Gasteiger charge is 2.09. The highest BCUT2D eigenvalue weighted by Crippen LogP contribution is 2.16.